The van der Waals surface area contributed by atoms with E-state index in [1.165, 1.54) is 11.3 Å². The van der Waals surface area contributed by atoms with Gasteiger partial charge in [-0.15, -0.1) is 11.3 Å². The maximum absolute atomic E-state index is 11.0. The van der Waals surface area contributed by atoms with E-state index in [1.54, 1.807) is 6.20 Å². The van der Waals surface area contributed by atoms with Crippen LogP contribution < -0.4 is 0 Å². The maximum atomic E-state index is 11.0. The molecule has 0 bridgehead atoms. The van der Waals surface area contributed by atoms with Gasteiger partial charge in [-0.3, -0.25) is 4.21 Å². The molecule has 2 nitrogen and oxygen atoms in total. The van der Waals surface area contributed by atoms with E-state index < -0.39 is 10.8 Å². The molecule has 0 radical (unpaired) electrons. The minimum atomic E-state index is -0.753. The van der Waals surface area contributed by atoms with Crippen LogP contribution in [0.15, 0.2) is 6.20 Å². The van der Waals surface area contributed by atoms with Gasteiger partial charge in [-0.25, -0.2) is 4.98 Å². The summed E-state index contributed by atoms with van der Waals surface area (Å²) in [6.07, 6.45) is 1.68. The van der Waals surface area contributed by atoms with Gasteiger partial charge in [0.15, 0.2) is 4.47 Å². The molecule has 1 atom stereocenters. The van der Waals surface area contributed by atoms with E-state index in [-0.39, 0.29) is 0 Å². The second-order valence-electron chi connectivity index (χ2n) is 1.95. The molecule has 5 heteroatoms. The highest BCUT2D eigenvalue weighted by atomic mass is 35.5. The molecule has 1 aromatic rings. The molecule has 0 spiro atoms. The molecule has 0 aliphatic heterocycles. The Morgan fingerprint density at radius 2 is 2.55 bits per heavy atom. The van der Waals surface area contributed by atoms with E-state index in [4.69, 9.17) is 11.6 Å². The lowest BCUT2D eigenvalue weighted by Gasteiger charge is -1.91. The second-order valence-corrected chi connectivity index (χ2v) is 5.40. The molecule has 0 aliphatic carbocycles. The highest BCUT2D eigenvalue weighted by molar-refractivity contribution is 7.84. The van der Waals surface area contributed by atoms with E-state index in [0.717, 1.165) is 4.88 Å². The van der Waals surface area contributed by atoms with Crippen molar-refractivity contribution in [2.45, 2.75) is 12.7 Å². The Kier molecular flexibility index (Phi) is 3.48. The van der Waals surface area contributed by atoms with E-state index in [9.17, 15) is 4.21 Å². The summed E-state index contributed by atoms with van der Waals surface area (Å²) in [4.78, 5) is 4.85. The Morgan fingerprint density at radius 1 is 1.82 bits per heavy atom. The molecule has 1 aromatic heterocycles. The molecule has 1 unspecified atom stereocenters. The van der Waals surface area contributed by atoms with Gasteiger partial charge in [-0.05, 0) is 0 Å². The topological polar surface area (TPSA) is 30.0 Å². The molecule has 0 amide bonds. The van der Waals surface area contributed by atoms with Gasteiger partial charge in [0.25, 0.3) is 0 Å². The third kappa shape index (κ3) is 2.89. The van der Waals surface area contributed by atoms with Crippen molar-refractivity contribution >= 4 is 33.7 Å². The zero-order valence-electron chi connectivity index (χ0n) is 6.04. The minimum absolute atomic E-state index is 0.521. The maximum Gasteiger partial charge on any atom is 0.183 e. The first-order valence-electron chi connectivity index (χ1n) is 3.17. The number of rotatable bonds is 3. The summed E-state index contributed by atoms with van der Waals surface area (Å²) in [6, 6.07) is 0. The lowest BCUT2D eigenvalue weighted by Crippen LogP contribution is -1.94. The molecule has 0 aliphatic rings. The number of hydrogen-bond donors (Lipinski definition) is 0. The normalized spacial score (nSPS) is 13.3. The van der Waals surface area contributed by atoms with Gasteiger partial charge in [0.05, 0.1) is 5.75 Å². The van der Waals surface area contributed by atoms with E-state index in [1.807, 2.05) is 6.92 Å². The van der Waals surface area contributed by atoms with Gasteiger partial charge in [-0.2, -0.15) is 0 Å². The molecule has 62 valence electrons. The zero-order valence-corrected chi connectivity index (χ0v) is 8.43. The zero-order chi connectivity index (χ0) is 8.27. The molecule has 0 saturated heterocycles. The van der Waals surface area contributed by atoms with Crippen molar-refractivity contribution in [2.75, 3.05) is 5.75 Å². The quantitative estimate of drug-likeness (QED) is 0.763. The van der Waals surface area contributed by atoms with Crippen molar-refractivity contribution in [3.63, 3.8) is 0 Å². The van der Waals surface area contributed by atoms with Crippen molar-refractivity contribution in [3.8, 4) is 0 Å². The van der Waals surface area contributed by atoms with Crippen LogP contribution in [0.1, 0.15) is 11.8 Å². The highest BCUT2D eigenvalue weighted by Gasteiger charge is 2.02. The van der Waals surface area contributed by atoms with Crippen LogP contribution in [0.5, 0.6) is 0 Å². The fraction of sp³-hybridized carbons (Fsp3) is 0.500. The van der Waals surface area contributed by atoms with Crippen LogP contribution in [-0.2, 0) is 16.6 Å². The number of aromatic nitrogens is 1. The van der Waals surface area contributed by atoms with Crippen molar-refractivity contribution in [2.24, 2.45) is 0 Å². The van der Waals surface area contributed by atoms with Crippen LogP contribution in [0.4, 0.5) is 0 Å². The molecule has 0 N–H and O–H groups in total. The summed E-state index contributed by atoms with van der Waals surface area (Å²) in [5.74, 6) is 1.27. The second kappa shape index (κ2) is 4.18. The summed E-state index contributed by atoms with van der Waals surface area (Å²) in [5.41, 5.74) is 0. The lowest BCUT2D eigenvalue weighted by atomic mass is 10.6. The van der Waals surface area contributed by atoms with E-state index >= 15 is 0 Å². The van der Waals surface area contributed by atoms with E-state index in [2.05, 4.69) is 4.98 Å². The summed E-state index contributed by atoms with van der Waals surface area (Å²) in [6.45, 7) is 1.90. The van der Waals surface area contributed by atoms with Gasteiger partial charge >= 0.3 is 0 Å². The summed E-state index contributed by atoms with van der Waals surface area (Å²) >= 11 is 6.99. The van der Waals surface area contributed by atoms with Gasteiger partial charge < -0.3 is 0 Å². The highest BCUT2D eigenvalue weighted by Crippen LogP contribution is 2.18. The fourth-order valence-electron chi connectivity index (χ4n) is 0.611. The largest absolute Gasteiger partial charge is 0.259 e. The standard InChI is InChI=1S/C6H8ClNOS2/c1-2-11(9)4-5-3-8-6(7)10-5/h3H,2,4H2,1H3. The fourth-order valence-corrected chi connectivity index (χ4v) is 2.61. The smallest absolute Gasteiger partial charge is 0.183 e. The van der Waals surface area contributed by atoms with Crippen LogP contribution in [-0.4, -0.2) is 14.9 Å². The third-order valence-corrected chi connectivity index (χ3v) is 3.73. The first kappa shape index (κ1) is 9.16. The van der Waals surface area contributed by atoms with Gasteiger partial charge in [-0.1, -0.05) is 18.5 Å². The molecule has 0 fully saturated rings. The Hall–Kier alpha value is 0.0700. The van der Waals surface area contributed by atoms with Crippen LogP contribution in [0, 0.1) is 0 Å². The van der Waals surface area contributed by atoms with Crippen molar-refractivity contribution in [1.82, 2.24) is 4.98 Å². The average molecular weight is 210 g/mol. The number of halogens is 1. The predicted octanol–water partition coefficient (Wildman–Crippen LogP) is 2.07. The first-order valence-corrected chi connectivity index (χ1v) is 5.85. The molecule has 0 aromatic carbocycles. The van der Waals surface area contributed by atoms with Crippen molar-refractivity contribution in [1.29, 1.82) is 0 Å². The van der Waals surface area contributed by atoms with Gasteiger partial charge in [0.1, 0.15) is 0 Å². The van der Waals surface area contributed by atoms with Crippen LogP contribution in [0.2, 0.25) is 4.47 Å². The number of hydrogen-bond acceptors (Lipinski definition) is 3. The van der Waals surface area contributed by atoms with Crippen LogP contribution in [0.25, 0.3) is 0 Å². The summed E-state index contributed by atoms with van der Waals surface area (Å²) in [7, 11) is -0.753. The Morgan fingerprint density at radius 3 is 3.00 bits per heavy atom. The average Bonchev–Trinajstić information content (AvgIpc) is 2.35. The molecule has 11 heavy (non-hydrogen) atoms. The molecule has 0 saturated carbocycles. The van der Waals surface area contributed by atoms with Crippen molar-refractivity contribution < 1.29 is 4.21 Å². The Labute approximate surface area is 77.1 Å². The Balaban J connectivity index is 2.57. The third-order valence-electron chi connectivity index (χ3n) is 1.15. The van der Waals surface area contributed by atoms with Crippen LogP contribution >= 0.6 is 22.9 Å². The molecular weight excluding hydrogens is 202 g/mol. The molecule has 1 heterocycles. The SMILES string of the molecule is CCS(=O)Cc1cnc(Cl)s1. The predicted molar refractivity (Wildman–Crippen MR) is 49.5 cm³/mol. The summed E-state index contributed by atoms with van der Waals surface area (Å²) < 4.78 is 11.6. The number of thiazole rings is 1. The summed E-state index contributed by atoms with van der Waals surface area (Å²) in [5, 5.41) is 0. The molecular formula is C6H8ClNOS2. The van der Waals surface area contributed by atoms with Crippen molar-refractivity contribution in [3.05, 3.63) is 15.5 Å². The van der Waals surface area contributed by atoms with E-state index in [0.29, 0.717) is 16.0 Å². The van der Waals surface area contributed by atoms with Gasteiger partial charge in [0, 0.05) is 27.6 Å². The monoisotopic (exact) mass is 209 g/mol. The minimum Gasteiger partial charge on any atom is -0.259 e. The van der Waals surface area contributed by atoms with Gasteiger partial charge in [0.2, 0.25) is 0 Å². The number of nitrogens with zero attached hydrogens (tertiary/aromatic N) is 1. The lowest BCUT2D eigenvalue weighted by molar-refractivity contribution is 0.683. The Bertz CT molecular complexity index is 261. The first-order chi connectivity index (χ1) is 5.22. The van der Waals surface area contributed by atoms with Crippen LogP contribution in [0.3, 0.4) is 0 Å². The molecule has 1 rings (SSSR count).